The largest absolute Gasteiger partial charge is 0.496 e. The summed E-state index contributed by atoms with van der Waals surface area (Å²) in [6.07, 6.45) is 0. The van der Waals surface area contributed by atoms with Crippen molar-refractivity contribution in [1.29, 1.82) is 0 Å². The molecule has 0 spiro atoms. The van der Waals surface area contributed by atoms with Crippen molar-refractivity contribution in [3.05, 3.63) is 29.3 Å². The lowest BCUT2D eigenvalue weighted by atomic mass is 10.1. The summed E-state index contributed by atoms with van der Waals surface area (Å²) < 4.78 is 10.5. The van der Waals surface area contributed by atoms with Crippen LogP contribution in [-0.4, -0.2) is 50.3 Å². The summed E-state index contributed by atoms with van der Waals surface area (Å²) in [5.41, 5.74) is 2.29. The Kier molecular flexibility index (Phi) is 5.59. The first-order chi connectivity index (χ1) is 10.2. The molecule has 0 bridgehead atoms. The van der Waals surface area contributed by atoms with Gasteiger partial charge in [0.05, 0.1) is 13.7 Å². The molecule has 0 saturated carbocycles. The first-order valence-electron chi connectivity index (χ1n) is 7.40. The minimum absolute atomic E-state index is 0.144. The van der Waals surface area contributed by atoms with Gasteiger partial charge in [0, 0.05) is 26.2 Å². The highest BCUT2D eigenvalue weighted by Crippen LogP contribution is 2.20. The van der Waals surface area contributed by atoms with E-state index in [2.05, 4.69) is 22.3 Å². The van der Waals surface area contributed by atoms with E-state index in [1.165, 1.54) is 5.56 Å². The van der Waals surface area contributed by atoms with Gasteiger partial charge in [0.15, 0.2) is 0 Å². The van der Waals surface area contributed by atoms with Gasteiger partial charge in [-0.2, -0.15) is 0 Å². The summed E-state index contributed by atoms with van der Waals surface area (Å²) in [4.78, 5) is 14.2. The van der Waals surface area contributed by atoms with Gasteiger partial charge in [0.25, 0.3) is 0 Å². The van der Waals surface area contributed by atoms with Crippen LogP contribution < -0.4 is 10.1 Å². The van der Waals surface area contributed by atoms with E-state index in [0.29, 0.717) is 13.2 Å². The molecule has 1 aromatic carbocycles. The van der Waals surface area contributed by atoms with E-state index >= 15 is 0 Å². The van der Waals surface area contributed by atoms with Crippen LogP contribution >= 0.6 is 0 Å². The van der Waals surface area contributed by atoms with Crippen LogP contribution in [0.3, 0.4) is 0 Å². The standard InChI is InChI=1S/C16H24N2O3/c1-4-21-16(19)14-10-17-7-8-18(14)11-13-5-6-15(20-3)12(2)9-13/h5-6,9,14,17H,4,7-8,10-11H2,1-3H3. The van der Waals surface area contributed by atoms with Gasteiger partial charge < -0.3 is 14.8 Å². The van der Waals surface area contributed by atoms with Crippen molar-refractivity contribution in [2.24, 2.45) is 0 Å². The molecule has 5 nitrogen and oxygen atoms in total. The quantitative estimate of drug-likeness (QED) is 0.830. The maximum absolute atomic E-state index is 12.0. The fourth-order valence-corrected chi connectivity index (χ4v) is 2.68. The second kappa shape index (κ2) is 7.43. The zero-order valence-corrected chi connectivity index (χ0v) is 13.0. The number of carbonyl (C=O) groups excluding carboxylic acids is 1. The topological polar surface area (TPSA) is 50.8 Å². The second-order valence-corrected chi connectivity index (χ2v) is 5.25. The summed E-state index contributed by atoms with van der Waals surface area (Å²) in [5.74, 6) is 0.746. The number of carbonyl (C=O) groups is 1. The van der Waals surface area contributed by atoms with Gasteiger partial charge in [-0.05, 0) is 31.0 Å². The molecule has 5 heteroatoms. The summed E-state index contributed by atoms with van der Waals surface area (Å²) in [7, 11) is 1.68. The number of hydrogen-bond acceptors (Lipinski definition) is 5. The maximum Gasteiger partial charge on any atom is 0.324 e. The molecular weight excluding hydrogens is 268 g/mol. The molecule has 1 aliphatic rings. The van der Waals surface area contributed by atoms with Crippen molar-refractivity contribution in [3.63, 3.8) is 0 Å². The zero-order valence-electron chi connectivity index (χ0n) is 13.0. The van der Waals surface area contributed by atoms with E-state index in [1.807, 2.05) is 19.9 Å². The lowest BCUT2D eigenvalue weighted by Gasteiger charge is -2.34. The average molecular weight is 292 g/mol. The van der Waals surface area contributed by atoms with Crippen molar-refractivity contribution in [3.8, 4) is 5.75 Å². The molecule has 0 radical (unpaired) electrons. The number of hydrogen-bond donors (Lipinski definition) is 1. The molecule has 116 valence electrons. The Morgan fingerprint density at radius 3 is 2.95 bits per heavy atom. The Morgan fingerprint density at radius 1 is 1.48 bits per heavy atom. The monoisotopic (exact) mass is 292 g/mol. The van der Waals surface area contributed by atoms with E-state index in [4.69, 9.17) is 9.47 Å². The van der Waals surface area contributed by atoms with Gasteiger partial charge in [0.1, 0.15) is 11.8 Å². The SMILES string of the molecule is CCOC(=O)C1CNCCN1Cc1ccc(OC)c(C)c1. The lowest BCUT2D eigenvalue weighted by Crippen LogP contribution is -2.54. The third kappa shape index (κ3) is 3.95. The summed E-state index contributed by atoms with van der Waals surface area (Å²) in [6.45, 7) is 7.42. The van der Waals surface area contributed by atoms with Crippen LogP contribution in [0.2, 0.25) is 0 Å². The maximum atomic E-state index is 12.0. The second-order valence-electron chi connectivity index (χ2n) is 5.25. The Balaban J connectivity index is 2.08. The van der Waals surface area contributed by atoms with Gasteiger partial charge in [-0.3, -0.25) is 9.69 Å². The molecule has 0 aliphatic carbocycles. The van der Waals surface area contributed by atoms with Crippen LogP contribution in [-0.2, 0) is 16.1 Å². The van der Waals surface area contributed by atoms with Crippen molar-refractivity contribution < 1.29 is 14.3 Å². The highest BCUT2D eigenvalue weighted by atomic mass is 16.5. The molecule has 1 saturated heterocycles. The smallest absolute Gasteiger partial charge is 0.324 e. The summed E-state index contributed by atoms with van der Waals surface area (Å²) >= 11 is 0. The van der Waals surface area contributed by atoms with E-state index in [0.717, 1.165) is 30.9 Å². The summed E-state index contributed by atoms with van der Waals surface area (Å²) in [6, 6.07) is 5.94. The highest BCUT2D eigenvalue weighted by molar-refractivity contribution is 5.76. The van der Waals surface area contributed by atoms with Crippen molar-refractivity contribution in [2.45, 2.75) is 26.4 Å². The van der Waals surface area contributed by atoms with E-state index in [9.17, 15) is 4.79 Å². The van der Waals surface area contributed by atoms with E-state index < -0.39 is 0 Å². The van der Waals surface area contributed by atoms with E-state index in [1.54, 1.807) is 7.11 Å². The van der Waals surface area contributed by atoms with Gasteiger partial charge in [-0.15, -0.1) is 0 Å². The molecule has 0 aromatic heterocycles. The highest BCUT2D eigenvalue weighted by Gasteiger charge is 2.29. The Hall–Kier alpha value is -1.59. The molecule has 1 aromatic rings. The molecule has 1 unspecified atom stereocenters. The molecule has 1 atom stereocenters. The van der Waals surface area contributed by atoms with Gasteiger partial charge in [-0.1, -0.05) is 12.1 Å². The minimum atomic E-state index is -0.207. The molecule has 0 amide bonds. The van der Waals surface area contributed by atoms with Gasteiger partial charge in [-0.25, -0.2) is 0 Å². The van der Waals surface area contributed by atoms with Gasteiger partial charge >= 0.3 is 5.97 Å². The van der Waals surface area contributed by atoms with Crippen LogP contribution in [0.1, 0.15) is 18.1 Å². The van der Waals surface area contributed by atoms with Crippen molar-refractivity contribution >= 4 is 5.97 Å². The van der Waals surface area contributed by atoms with Crippen LogP contribution in [0.5, 0.6) is 5.75 Å². The van der Waals surface area contributed by atoms with E-state index in [-0.39, 0.29) is 12.0 Å². The summed E-state index contributed by atoms with van der Waals surface area (Å²) in [5, 5.41) is 3.26. The number of nitrogens with one attached hydrogen (secondary N) is 1. The van der Waals surface area contributed by atoms with Crippen LogP contribution in [0.15, 0.2) is 18.2 Å². The van der Waals surface area contributed by atoms with Gasteiger partial charge in [0.2, 0.25) is 0 Å². The van der Waals surface area contributed by atoms with Crippen molar-refractivity contribution in [1.82, 2.24) is 10.2 Å². The van der Waals surface area contributed by atoms with Crippen LogP contribution in [0, 0.1) is 6.92 Å². The normalized spacial score (nSPS) is 19.3. The molecule has 1 N–H and O–H groups in total. The molecule has 1 heterocycles. The lowest BCUT2D eigenvalue weighted by molar-refractivity contribution is -0.150. The third-order valence-corrected chi connectivity index (χ3v) is 3.76. The zero-order chi connectivity index (χ0) is 15.2. The molecule has 2 rings (SSSR count). The number of esters is 1. The van der Waals surface area contributed by atoms with Crippen LogP contribution in [0.25, 0.3) is 0 Å². The number of piperazine rings is 1. The predicted molar refractivity (Wildman–Crippen MR) is 81.4 cm³/mol. The number of rotatable bonds is 5. The average Bonchev–Trinajstić information content (AvgIpc) is 2.48. The first kappa shape index (κ1) is 15.8. The Bertz CT molecular complexity index is 490. The first-order valence-corrected chi connectivity index (χ1v) is 7.40. The number of benzene rings is 1. The van der Waals surface area contributed by atoms with Crippen molar-refractivity contribution in [2.75, 3.05) is 33.4 Å². The molecule has 1 fully saturated rings. The Morgan fingerprint density at radius 2 is 2.29 bits per heavy atom. The third-order valence-electron chi connectivity index (χ3n) is 3.76. The Labute approximate surface area is 126 Å². The van der Waals surface area contributed by atoms with Crippen LogP contribution in [0.4, 0.5) is 0 Å². The number of aryl methyl sites for hydroxylation is 1. The number of methoxy groups -OCH3 is 1. The minimum Gasteiger partial charge on any atom is -0.496 e. The fraction of sp³-hybridized carbons (Fsp3) is 0.562. The fourth-order valence-electron chi connectivity index (χ4n) is 2.68. The molecular formula is C16H24N2O3. The molecule has 21 heavy (non-hydrogen) atoms. The molecule has 1 aliphatic heterocycles. The number of ether oxygens (including phenoxy) is 2. The number of nitrogens with zero attached hydrogens (tertiary/aromatic N) is 1. The predicted octanol–water partition coefficient (Wildman–Crippen LogP) is 1.34.